The molecule has 1 amide bonds. The van der Waals surface area contributed by atoms with Crippen molar-refractivity contribution in [1.29, 1.82) is 0 Å². The summed E-state index contributed by atoms with van der Waals surface area (Å²) in [5, 5.41) is 2.55. The average Bonchev–Trinajstić information content (AvgIpc) is 2.61. The van der Waals surface area contributed by atoms with Gasteiger partial charge in [-0.15, -0.1) is 0 Å². The maximum absolute atomic E-state index is 12.5. The summed E-state index contributed by atoms with van der Waals surface area (Å²) >= 11 is 0. The van der Waals surface area contributed by atoms with Crippen molar-refractivity contribution in [3.8, 4) is 0 Å². The Kier molecular flexibility index (Phi) is 5.81. The van der Waals surface area contributed by atoms with Crippen LogP contribution in [0.15, 0.2) is 29.2 Å². The first kappa shape index (κ1) is 19.4. The van der Waals surface area contributed by atoms with E-state index in [-0.39, 0.29) is 10.5 Å². The number of nitrogens with zero attached hydrogens (tertiary/aromatic N) is 1. The van der Waals surface area contributed by atoms with Crippen molar-refractivity contribution in [2.24, 2.45) is 0 Å². The third kappa shape index (κ3) is 4.36. The molecule has 1 fully saturated rings. The normalized spacial score (nSPS) is 16.3. The first-order valence-electron chi connectivity index (χ1n) is 7.77. The van der Waals surface area contributed by atoms with Gasteiger partial charge in [-0.05, 0) is 38.1 Å². The molecule has 8 nitrogen and oxygen atoms in total. The lowest BCUT2D eigenvalue weighted by Crippen LogP contribution is -2.50. The van der Waals surface area contributed by atoms with E-state index in [2.05, 4.69) is 10.1 Å². The molecule has 25 heavy (non-hydrogen) atoms. The first-order chi connectivity index (χ1) is 11.7. The molecule has 138 valence electrons. The average molecular weight is 370 g/mol. The maximum Gasteiger partial charge on any atom is 0.330 e. The number of ether oxygens (including phenoxy) is 2. The van der Waals surface area contributed by atoms with Crippen LogP contribution in [0.25, 0.3) is 0 Å². The molecule has 0 saturated carbocycles. The molecule has 0 radical (unpaired) electrons. The molecule has 9 heteroatoms. The van der Waals surface area contributed by atoms with Crippen molar-refractivity contribution in [1.82, 2.24) is 9.62 Å². The molecule has 2 rings (SSSR count). The van der Waals surface area contributed by atoms with Gasteiger partial charge < -0.3 is 14.8 Å². The molecular formula is C16H22N2O6S. The third-order valence-electron chi connectivity index (χ3n) is 3.85. The molecule has 0 unspecified atom stereocenters. The molecule has 0 aromatic heterocycles. The second kappa shape index (κ2) is 7.51. The highest BCUT2D eigenvalue weighted by atomic mass is 32.2. The van der Waals surface area contributed by atoms with Crippen molar-refractivity contribution < 1.29 is 27.5 Å². The Morgan fingerprint density at radius 2 is 1.72 bits per heavy atom. The van der Waals surface area contributed by atoms with Crippen LogP contribution in [-0.4, -0.2) is 63.6 Å². The number of morpholine rings is 1. The van der Waals surface area contributed by atoms with Crippen LogP contribution in [0.2, 0.25) is 0 Å². The number of rotatable bonds is 5. The quantitative estimate of drug-likeness (QED) is 0.752. The van der Waals surface area contributed by atoms with Crippen molar-refractivity contribution in [2.75, 3.05) is 33.4 Å². The standard InChI is InChI=1S/C16H22N2O6S/c1-16(2,15(20)23-3)17-14(19)12-4-6-13(7-5-12)25(21,22)18-8-10-24-11-9-18/h4-7H,8-11H2,1-3H3,(H,17,19). The summed E-state index contributed by atoms with van der Waals surface area (Å²) in [5.74, 6) is -1.07. The van der Waals surface area contributed by atoms with Crippen LogP contribution in [0.4, 0.5) is 0 Å². The molecule has 1 aliphatic rings. The summed E-state index contributed by atoms with van der Waals surface area (Å²) in [5.41, 5.74) is -0.942. The van der Waals surface area contributed by atoms with E-state index in [0.29, 0.717) is 26.3 Å². The molecule has 1 aromatic rings. The first-order valence-corrected chi connectivity index (χ1v) is 9.21. The van der Waals surface area contributed by atoms with Crippen molar-refractivity contribution >= 4 is 21.9 Å². The molecule has 1 saturated heterocycles. The number of hydrogen-bond donors (Lipinski definition) is 1. The largest absolute Gasteiger partial charge is 0.467 e. The fourth-order valence-corrected chi connectivity index (χ4v) is 3.78. The van der Waals surface area contributed by atoms with Gasteiger partial charge in [-0.3, -0.25) is 4.79 Å². The van der Waals surface area contributed by atoms with Gasteiger partial charge >= 0.3 is 5.97 Å². The molecular weight excluding hydrogens is 348 g/mol. The van der Waals surface area contributed by atoms with Crippen molar-refractivity contribution in [3.63, 3.8) is 0 Å². The van der Waals surface area contributed by atoms with E-state index in [0.717, 1.165) is 0 Å². The number of sulfonamides is 1. The summed E-state index contributed by atoms with van der Waals surface area (Å²) in [4.78, 5) is 24.0. The number of benzene rings is 1. The van der Waals surface area contributed by atoms with Crippen molar-refractivity contribution in [3.05, 3.63) is 29.8 Å². The Hall–Kier alpha value is -1.97. The Bertz CT molecular complexity index is 736. The fourth-order valence-electron chi connectivity index (χ4n) is 2.38. The van der Waals surface area contributed by atoms with E-state index in [1.165, 1.54) is 49.5 Å². The Morgan fingerprint density at radius 3 is 2.24 bits per heavy atom. The molecule has 1 aliphatic heterocycles. The highest BCUT2D eigenvalue weighted by Crippen LogP contribution is 2.18. The highest BCUT2D eigenvalue weighted by molar-refractivity contribution is 7.89. The summed E-state index contributed by atoms with van der Waals surface area (Å²) in [6, 6.07) is 5.59. The van der Waals surface area contributed by atoms with Crippen LogP contribution >= 0.6 is 0 Å². The number of carbonyl (C=O) groups excluding carboxylic acids is 2. The van der Waals surface area contributed by atoms with E-state index in [1.54, 1.807) is 0 Å². The van der Waals surface area contributed by atoms with E-state index in [9.17, 15) is 18.0 Å². The van der Waals surface area contributed by atoms with Gasteiger partial charge in [-0.1, -0.05) is 0 Å². The zero-order valence-corrected chi connectivity index (χ0v) is 15.3. The van der Waals surface area contributed by atoms with E-state index in [4.69, 9.17) is 4.74 Å². The number of nitrogens with one attached hydrogen (secondary N) is 1. The molecule has 0 bridgehead atoms. The van der Waals surface area contributed by atoms with Crippen LogP contribution in [0.5, 0.6) is 0 Å². The molecule has 1 aromatic carbocycles. The minimum absolute atomic E-state index is 0.109. The van der Waals surface area contributed by atoms with Crippen molar-refractivity contribution in [2.45, 2.75) is 24.3 Å². The van der Waals surface area contributed by atoms with E-state index < -0.39 is 27.4 Å². The summed E-state index contributed by atoms with van der Waals surface area (Å²) < 4.78 is 36.2. The van der Waals surface area contributed by atoms with Crippen LogP contribution < -0.4 is 5.32 Å². The van der Waals surface area contributed by atoms with Gasteiger partial charge in [0.2, 0.25) is 10.0 Å². The van der Waals surface area contributed by atoms with Gasteiger partial charge in [-0.25, -0.2) is 13.2 Å². The highest BCUT2D eigenvalue weighted by Gasteiger charge is 2.31. The number of amides is 1. The summed E-state index contributed by atoms with van der Waals surface area (Å²) in [7, 11) is -2.37. The topological polar surface area (TPSA) is 102 Å². The number of carbonyl (C=O) groups is 2. The zero-order chi connectivity index (χ0) is 18.7. The molecule has 1 N–H and O–H groups in total. The van der Waals surface area contributed by atoms with Crippen LogP contribution in [0.3, 0.4) is 0 Å². The predicted octanol–water partition coefficient (Wildman–Crippen LogP) is 0.389. The number of esters is 1. The van der Waals surface area contributed by atoms with Crippen LogP contribution in [0.1, 0.15) is 24.2 Å². The predicted molar refractivity (Wildman–Crippen MR) is 89.6 cm³/mol. The lowest BCUT2D eigenvalue weighted by Gasteiger charge is -2.26. The van der Waals surface area contributed by atoms with E-state index >= 15 is 0 Å². The summed E-state index contributed by atoms with van der Waals surface area (Å²) in [6.07, 6.45) is 0. The molecule has 0 atom stereocenters. The SMILES string of the molecule is COC(=O)C(C)(C)NC(=O)c1ccc(S(=O)(=O)N2CCOCC2)cc1. The van der Waals surface area contributed by atoms with Gasteiger partial charge in [0.25, 0.3) is 5.91 Å². The van der Waals surface area contributed by atoms with Crippen LogP contribution in [0, 0.1) is 0 Å². The zero-order valence-electron chi connectivity index (χ0n) is 14.4. The Labute approximate surface area is 147 Å². The summed E-state index contributed by atoms with van der Waals surface area (Å²) in [6.45, 7) is 4.38. The van der Waals surface area contributed by atoms with Gasteiger partial charge in [-0.2, -0.15) is 4.31 Å². The Balaban J connectivity index is 2.14. The second-order valence-corrected chi connectivity index (χ2v) is 8.05. The Morgan fingerprint density at radius 1 is 1.16 bits per heavy atom. The maximum atomic E-state index is 12.5. The van der Waals surface area contributed by atoms with Gasteiger partial charge in [0.1, 0.15) is 5.54 Å². The lowest BCUT2D eigenvalue weighted by atomic mass is 10.1. The molecule has 0 aliphatic carbocycles. The number of methoxy groups -OCH3 is 1. The molecule has 0 spiro atoms. The second-order valence-electron chi connectivity index (χ2n) is 6.11. The molecule has 1 heterocycles. The number of hydrogen-bond acceptors (Lipinski definition) is 6. The van der Waals surface area contributed by atoms with Gasteiger partial charge in [0, 0.05) is 18.7 Å². The van der Waals surface area contributed by atoms with E-state index in [1.807, 2.05) is 0 Å². The van der Waals surface area contributed by atoms with Gasteiger partial charge in [0.05, 0.1) is 25.2 Å². The van der Waals surface area contributed by atoms with Crippen LogP contribution in [-0.2, 0) is 24.3 Å². The van der Waals surface area contributed by atoms with Gasteiger partial charge in [0.15, 0.2) is 0 Å². The third-order valence-corrected chi connectivity index (χ3v) is 5.76. The monoisotopic (exact) mass is 370 g/mol. The lowest BCUT2D eigenvalue weighted by molar-refractivity contribution is -0.146. The smallest absolute Gasteiger partial charge is 0.330 e. The minimum atomic E-state index is -3.61. The minimum Gasteiger partial charge on any atom is -0.467 e. The fraction of sp³-hybridized carbons (Fsp3) is 0.500.